The maximum absolute atomic E-state index is 4.27. The maximum atomic E-state index is 4.27. The Morgan fingerprint density at radius 1 is 1.23 bits per heavy atom. The molecule has 0 saturated heterocycles. The van der Waals surface area contributed by atoms with Crippen LogP contribution in [0.4, 0.5) is 0 Å². The molecule has 0 unspecified atom stereocenters. The van der Waals surface area contributed by atoms with Crippen LogP contribution in [0.3, 0.4) is 0 Å². The molecule has 1 aromatic carbocycles. The minimum Gasteiger partial charge on any atom is -0.356 e. The average Bonchev–Trinajstić information content (AvgIpc) is 3.05. The molecule has 2 rings (SSSR count). The van der Waals surface area contributed by atoms with Crippen LogP contribution < -0.4 is 10.6 Å². The molecule has 0 spiro atoms. The monoisotopic (exact) mass is 299 g/mol. The van der Waals surface area contributed by atoms with E-state index < -0.39 is 0 Å². The average molecular weight is 299 g/mol. The first-order valence-corrected chi connectivity index (χ1v) is 7.57. The van der Waals surface area contributed by atoms with Crippen LogP contribution in [0.1, 0.15) is 19.4 Å². The van der Waals surface area contributed by atoms with Gasteiger partial charge >= 0.3 is 0 Å². The largest absolute Gasteiger partial charge is 0.356 e. The molecule has 0 aliphatic rings. The van der Waals surface area contributed by atoms with Crippen LogP contribution in [0.5, 0.6) is 0 Å². The van der Waals surface area contributed by atoms with Crippen molar-refractivity contribution in [2.24, 2.45) is 4.99 Å². The highest BCUT2D eigenvalue weighted by molar-refractivity contribution is 5.79. The third-order valence-corrected chi connectivity index (χ3v) is 3.70. The van der Waals surface area contributed by atoms with Crippen molar-refractivity contribution in [2.75, 3.05) is 20.1 Å². The van der Waals surface area contributed by atoms with Gasteiger partial charge in [-0.3, -0.25) is 4.99 Å². The van der Waals surface area contributed by atoms with Gasteiger partial charge in [0.05, 0.1) is 6.33 Å². The highest BCUT2D eigenvalue weighted by atomic mass is 15.2. The molecule has 0 aliphatic carbocycles. The number of benzene rings is 1. The number of guanidine groups is 1. The molecule has 2 aromatic rings. The first kappa shape index (κ1) is 16.1. The summed E-state index contributed by atoms with van der Waals surface area (Å²) >= 11 is 0. The lowest BCUT2D eigenvalue weighted by atomic mass is 9.85. The fourth-order valence-electron chi connectivity index (χ4n) is 2.24. The Balaban J connectivity index is 1.80. The Hall–Kier alpha value is -2.30. The van der Waals surface area contributed by atoms with Gasteiger partial charge in [0.15, 0.2) is 5.96 Å². The van der Waals surface area contributed by atoms with Crippen LogP contribution in [0, 0.1) is 0 Å². The minimum atomic E-state index is 0.0449. The predicted molar refractivity (Wildman–Crippen MR) is 91.1 cm³/mol. The van der Waals surface area contributed by atoms with E-state index >= 15 is 0 Å². The van der Waals surface area contributed by atoms with E-state index in [-0.39, 0.29) is 5.41 Å². The standard InChI is InChI=1S/C17H25N5/c1-17(2,15-7-5-4-6-8-15)13-21-16(18-3)20-10-12-22-11-9-19-14-22/h4-9,11,14H,10,12-13H2,1-3H3,(H2,18,20,21). The Bertz CT molecular complexity index is 572. The first-order valence-electron chi connectivity index (χ1n) is 7.57. The predicted octanol–water partition coefficient (Wildman–Crippen LogP) is 2.03. The lowest BCUT2D eigenvalue weighted by Gasteiger charge is -2.26. The molecule has 1 heterocycles. The summed E-state index contributed by atoms with van der Waals surface area (Å²) < 4.78 is 2.04. The van der Waals surface area contributed by atoms with E-state index in [1.165, 1.54) is 5.56 Å². The van der Waals surface area contributed by atoms with E-state index in [1.807, 2.05) is 23.2 Å². The zero-order valence-electron chi connectivity index (χ0n) is 13.6. The Labute approximate surface area is 132 Å². The van der Waals surface area contributed by atoms with Gasteiger partial charge in [-0.15, -0.1) is 0 Å². The summed E-state index contributed by atoms with van der Waals surface area (Å²) in [6.45, 7) is 6.95. The van der Waals surface area contributed by atoms with E-state index in [0.29, 0.717) is 0 Å². The van der Waals surface area contributed by atoms with Crippen molar-refractivity contribution in [2.45, 2.75) is 25.8 Å². The second-order valence-corrected chi connectivity index (χ2v) is 5.90. The van der Waals surface area contributed by atoms with Crippen LogP contribution >= 0.6 is 0 Å². The number of aliphatic imine (C=N–C) groups is 1. The zero-order valence-corrected chi connectivity index (χ0v) is 13.6. The molecule has 0 atom stereocenters. The molecule has 22 heavy (non-hydrogen) atoms. The number of nitrogens with one attached hydrogen (secondary N) is 2. The normalized spacial score (nSPS) is 12.2. The molecule has 1 aromatic heterocycles. The highest BCUT2D eigenvalue weighted by Crippen LogP contribution is 2.21. The number of nitrogens with zero attached hydrogens (tertiary/aromatic N) is 3. The molecule has 5 nitrogen and oxygen atoms in total. The van der Waals surface area contributed by atoms with Gasteiger partial charge in [-0.1, -0.05) is 44.2 Å². The summed E-state index contributed by atoms with van der Waals surface area (Å²) in [7, 11) is 1.79. The Morgan fingerprint density at radius 3 is 2.64 bits per heavy atom. The molecular weight excluding hydrogens is 274 g/mol. The third-order valence-electron chi connectivity index (χ3n) is 3.70. The van der Waals surface area contributed by atoms with Gasteiger partial charge in [-0.05, 0) is 5.56 Å². The van der Waals surface area contributed by atoms with Crippen LogP contribution in [0.2, 0.25) is 0 Å². The van der Waals surface area contributed by atoms with Crippen LogP contribution in [-0.2, 0) is 12.0 Å². The first-order chi connectivity index (χ1) is 10.6. The van der Waals surface area contributed by atoms with Gasteiger partial charge in [0.1, 0.15) is 0 Å². The smallest absolute Gasteiger partial charge is 0.191 e. The number of imidazole rings is 1. The van der Waals surface area contributed by atoms with Crippen LogP contribution in [0.15, 0.2) is 54.0 Å². The van der Waals surface area contributed by atoms with E-state index in [0.717, 1.165) is 25.6 Å². The van der Waals surface area contributed by atoms with Gasteiger partial charge in [0.2, 0.25) is 0 Å². The van der Waals surface area contributed by atoms with Crippen molar-refractivity contribution in [1.82, 2.24) is 20.2 Å². The molecule has 0 bridgehead atoms. The van der Waals surface area contributed by atoms with Gasteiger partial charge in [0.25, 0.3) is 0 Å². The zero-order chi connectivity index (χ0) is 15.8. The van der Waals surface area contributed by atoms with Crippen LogP contribution in [0.25, 0.3) is 0 Å². The summed E-state index contributed by atoms with van der Waals surface area (Å²) in [6.07, 6.45) is 5.56. The maximum Gasteiger partial charge on any atom is 0.191 e. The Kier molecular flexibility index (Phi) is 5.58. The minimum absolute atomic E-state index is 0.0449. The van der Waals surface area contributed by atoms with E-state index in [1.54, 1.807) is 13.2 Å². The Morgan fingerprint density at radius 2 is 2.00 bits per heavy atom. The molecule has 0 radical (unpaired) electrons. The summed E-state index contributed by atoms with van der Waals surface area (Å²) in [5.41, 5.74) is 1.36. The molecule has 2 N–H and O–H groups in total. The number of rotatable bonds is 6. The van der Waals surface area contributed by atoms with Crippen molar-refractivity contribution in [3.63, 3.8) is 0 Å². The van der Waals surface area contributed by atoms with Gasteiger partial charge in [0, 0.05) is 44.5 Å². The van der Waals surface area contributed by atoms with E-state index in [9.17, 15) is 0 Å². The molecular formula is C17H25N5. The van der Waals surface area contributed by atoms with Crippen LogP contribution in [-0.4, -0.2) is 35.6 Å². The number of hydrogen-bond donors (Lipinski definition) is 2. The van der Waals surface area contributed by atoms with E-state index in [2.05, 4.69) is 58.7 Å². The number of aromatic nitrogens is 2. The van der Waals surface area contributed by atoms with Crippen molar-refractivity contribution in [3.05, 3.63) is 54.6 Å². The SMILES string of the molecule is CN=C(NCCn1ccnc1)NCC(C)(C)c1ccccc1. The molecule has 5 heteroatoms. The molecule has 0 fully saturated rings. The third kappa shape index (κ3) is 4.62. The summed E-state index contributed by atoms with van der Waals surface area (Å²) in [4.78, 5) is 8.30. The summed E-state index contributed by atoms with van der Waals surface area (Å²) in [5.74, 6) is 0.823. The van der Waals surface area contributed by atoms with Crippen molar-refractivity contribution < 1.29 is 0 Å². The summed E-state index contributed by atoms with van der Waals surface area (Å²) in [6, 6.07) is 10.5. The number of hydrogen-bond acceptors (Lipinski definition) is 2. The quantitative estimate of drug-likeness (QED) is 0.634. The molecule has 118 valence electrons. The van der Waals surface area contributed by atoms with E-state index in [4.69, 9.17) is 0 Å². The fourth-order valence-corrected chi connectivity index (χ4v) is 2.24. The molecule has 0 aliphatic heterocycles. The van der Waals surface area contributed by atoms with Gasteiger partial charge in [-0.25, -0.2) is 4.98 Å². The van der Waals surface area contributed by atoms with Gasteiger partial charge < -0.3 is 15.2 Å². The van der Waals surface area contributed by atoms with Crippen molar-refractivity contribution in [1.29, 1.82) is 0 Å². The second-order valence-electron chi connectivity index (χ2n) is 5.90. The van der Waals surface area contributed by atoms with Gasteiger partial charge in [-0.2, -0.15) is 0 Å². The molecule has 0 amide bonds. The lowest BCUT2D eigenvalue weighted by Crippen LogP contribution is -2.44. The fraction of sp³-hybridized carbons (Fsp3) is 0.412. The highest BCUT2D eigenvalue weighted by Gasteiger charge is 2.20. The lowest BCUT2D eigenvalue weighted by molar-refractivity contribution is 0.507. The van der Waals surface area contributed by atoms with Crippen molar-refractivity contribution >= 4 is 5.96 Å². The summed E-state index contributed by atoms with van der Waals surface area (Å²) in [5, 5.41) is 6.72. The topological polar surface area (TPSA) is 54.2 Å². The molecule has 0 saturated carbocycles. The van der Waals surface area contributed by atoms with Crippen molar-refractivity contribution in [3.8, 4) is 0 Å². The second kappa shape index (κ2) is 7.64.